The van der Waals surface area contributed by atoms with Crippen molar-refractivity contribution in [1.29, 1.82) is 0 Å². The molecule has 0 unspecified atom stereocenters. The highest BCUT2D eigenvalue weighted by Gasteiger charge is 2.34. The van der Waals surface area contributed by atoms with Gasteiger partial charge in [0.25, 0.3) is 5.56 Å². The van der Waals surface area contributed by atoms with E-state index in [9.17, 15) is 14.7 Å². The first-order valence-corrected chi connectivity index (χ1v) is 10.6. The van der Waals surface area contributed by atoms with Crippen LogP contribution in [0, 0.1) is 6.92 Å². The molecule has 32 heavy (non-hydrogen) atoms. The Morgan fingerprint density at radius 3 is 2.66 bits per heavy atom. The third-order valence-corrected chi connectivity index (χ3v) is 6.11. The normalized spacial score (nSPS) is 17.0. The molecule has 0 bridgehead atoms. The van der Waals surface area contributed by atoms with E-state index in [4.69, 9.17) is 9.47 Å². The summed E-state index contributed by atoms with van der Waals surface area (Å²) in [6, 6.07) is 16.5. The van der Waals surface area contributed by atoms with Crippen molar-refractivity contribution in [3.8, 4) is 17.2 Å². The van der Waals surface area contributed by atoms with Crippen molar-refractivity contribution in [3.05, 3.63) is 92.9 Å². The van der Waals surface area contributed by atoms with Gasteiger partial charge in [-0.25, -0.2) is 0 Å². The molecular formula is C26H23NO5. The SMILES string of the molecule is Cc1cc2c(c(=O)n1CCc1ccc(O)cc1)[C@H](C1=Cc3ccccc3OC1)CC(=O)O2. The summed E-state index contributed by atoms with van der Waals surface area (Å²) >= 11 is 0. The molecule has 0 radical (unpaired) electrons. The van der Waals surface area contributed by atoms with Gasteiger partial charge in [0.05, 0.1) is 12.0 Å². The first-order chi connectivity index (χ1) is 15.5. The van der Waals surface area contributed by atoms with Crippen LogP contribution in [0.15, 0.2) is 65.0 Å². The predicted octanol–water partition coefficient (Wildman–Crippen LogP) is 3.97. The second-order valence-electron chi connectivity index (χ2n) is 8.21. The standard InChI is InChI=1S/C26H23NO5/c1-16-12-23-25(26(30)27(16)11-10-17-6-8-20(28)9-7-17)21(14-24(29)32-23)19-13-18-4-2-3-5-22(18)31-15-19/h2-9,12-13,21,28H,10-11,14-15H2,1H3/t21-/m0/s1. The smallest absolute Gasteiger partial charge is 0.312 e. The Morgan fingerprint density at radius 2 is 1.84 bits per heavy atom. The molecule has 6 heteroatoms. The summed E-state index contributed by atoms with van der Waals surface area (Å²) < 4.78 is 13.1. The molecule has 0 saturated heterocycles. The van der Waals surface area contributed by atoms with Crippen LogP contribution in [0.1, 0.15) is 34.7 Å². The van der Waals surface area contributed by atoms with Crippen LogP contribution in [0.2, 0.25) is 0 Å². The lowest BCUT2D eigenvalue weighted by molar-refractivity contribution is -0.135. The monoisotopic (exact) mass is 429 g/mol. The summed E-state index contributed by atoms with van der Waals surface area (Å²) in [7, 11) is 0. The summed E-state index contributed by atoms with van der Waals surface area (Å²) in [6.07, 6.45) is 2.77. The molecule has 3 aromatic rings. The Balaban J connectivity index is 1.53. The zero-order valence-corrected chi connectivity index (χ0v) is 17.7. The Morgan fingerprint density at radius 1 is 1.06 bits per heavy atom. The number of aromatic nitrogens is 1. The van der Waals surface area contributed by atoms with Crippen molar-refractivity contribution in [2.75, 3.05) is 6.61 Å². The average Bonchev–Trinajstić information content (AvgIpc) is 2.79. The number of aromatic hydroxyl groups is 1. The van der Waals surface area contributed by atoms with Gasteiger partial charge in [-0.05, 0) is 48.8 Å². The van der Waals surface area contributed by atoms with Gasteiger partial charge < -0.3 is 19.1 Å². The number of hydrogen-bond donors (Lipinski definition) is 1. The van der Waals surface area contributed by atoms with Gasteiger partial charge in [-0.15, -0.1) is 0 Å². The minimum absolute atomic E-state index is 0.112. The van der Waals surface area contributed by atoms with Crippen LogP contribution in [0.3, 0.4) is 0 Å². The number of ether oxygens (including phenoxy) is 2. The Kier molecular flexibility index (Phi) is 5.05. The number of rotatable bonds is 4. The lowest BCUT2D eigenvalue weighted by atomic mass is 9.85. The molecule has 1 N–H and O–H groups in total. The fraction of sp³-hybridized carbons (Fsp3) is 0.231. The van der Waals surface area contributed by atoms with Crippen molar-refractivity contribution in [2.24, 2.45) is 0 Å². The summed E-state index contributed by atoms with van der Waals surface area (Å²) in [5.41, 5.74) is 3.96. The largest absolute Gasteiger partial charge is 0.508 e. The molecule has 3 heterocycles. The first kappa shape index (κ1) is 20.1. The minimum atomic E-state index is -0.382. The van der Waals surface area contributed by atoms with E-state index in [1.807, 2.05) is 49.4 Å². The highest BCUT2D eigenvalue weighted by molar-refractivity contribution is 5.78. The van der Waals surface area contributed by atoms with Gasteiger partial charge in [0.15, 0.2) is 0 Å². The van der Waals surface area contributed by atoms with Crippen LogP contribution in [0.4, 0.5) is 0 Å². The van der Waals surface area contributed by atoms with Gasteiger partial charge in [-0.3, -0.25) is 9.59 Å². The lowest BCUT2D eigenvalue weighted by Gasteiger charge is -2.29. The van der Waals surface area contributed by atoms with Crippen molar-refractivity contribution in [2.45, 2.75) is 32.2 Å². The van der Waals surface area contributed by atoms with Crippen LogP contribution < -0.4 is 15.0 Å². The Bertz CT molecular complexity index is 1290. The molecule has 0 amide bonds. The molecule has 2 aromatic carbocycles. The van der Waals surface area contributed by atoms with Gasteiger partial charge in [0, 0.05) is 29.8 Å². The zero-order chi connectivity index (χ0) is 22.2. The van der Waals surface area contributed by atoms with Crippen molar-refractivity contribution in [3.63, 3.8) is 0 Å². The fourth-order valence-electron chi connectivity index (χ4n) is 4.43. The molecular weight excluding hydrogens is 406 g/mol. The van der Waals surface area contributed by atoms with Crippen LogP contribution in [-0.2, 0) is 17.8 Å². The number of para-hydroxylation sites is 1. The van der Waals surface area contributed by atoms with Crippen LogP contribution in [0.5, 0.6) is 17.2 Å². The molecule has 0 fully saturated rings. The molecule has 0 aliphatic carbocycles. The maximum Gasteiger partial charge on any atom is 0.312 e. The number of esters is 1. The van der Waals surface area contributed by atoms with Crippen LogP contribution in [0.25, 0.3) is 6.08 Å². The van der Waals surface area contributed by atoms with E-state index < -0.39 is 0 Å². The van der Waals surface area contributed by atoms with Gasteiger partial charge in [0.2, 0.25) is 0 Å². The number of phenolic OH excluding ortho intramolecular Hbond substituents is 1. The van der Waals surface area contributed by atoms with Crippen LogP contribution in [-0.4, -0.2) is 22.2 Å². The fourth-order valence-corrected chi connectivity index (χ4v) is 4.43. The number of hydrogen-bond acceptors (Lipinski definition) is 5. The number of benzene rings is 2. The molecule has 1 aromatic heterocycles. The zero-order valence-electron chi connectivity index (χ0n) is 17.7. The maximum absolute atomic E-state index is 13.6. The van der Waals surface area contributed by atoms with Gasteiger partial charge in [-0.2, -0.15) is 0 Å². The number of fused-ring (bicyclic) bond motifs is 2. The quantitative estimate of drug-likeness (QED) is 0.635. The third kappa shape index (κ3) is 3.68. The summed E-state index contributed by atoms with van der Waals surface area (Å²) in [4.78, 5) is 25.9. The maximum atomic E-state index is 13.6. The van der Waals surface area contributed by atoms with Gasteiger partial charge >= 0.3 is 5.97 Å². The number of aryl methyl sites for hydroxylation is 2. The van der Waals surface area contributed by atoms with E-state index in [2.05, 4.69) is 0 Å². The number of phenols is 1. The molecule has 0 saturated carbocycles. The topological polar surface area (TPSA) is 77.8 Å². The number of nitrogens with zero attached hydrogens (tertiary/aromatic N) is 1. The van der Waals surface area contributed by atoms with Crippen molar-refractivity contribution in [1.82, 2.24) is 4.57 Å². The molecule has 0 spiro atoms. The third-order valence-electron chi connectivity index (χ3n) is 6.11. The van der Waals surface area contributed by atoms with Crippen molar-refractivity contribution >= 4 is 12.0 Å². The van der Waals surface area contributed by atoms with E-state index in [1.165, 1.54) is 0 Å². The molecule has 1 atom stereocenters. The van der Waals surface area contributed by atoms with E-state index >= 15 is 0 Å². The molecule has 5 rings (SSSR count). The summed E-state index contributed by atoms with van der Waals surface area (Å²) in [6.45, 7) is 2.66. The second kappa shape index (κ2) is 8.04. The van der Waals surface area contributed by atoms with Gasteiger partial charge in [-0.1, -0.05) is 30.3 Å². The van der Waals surface area contributed by atoms with E-state index in [0.29, 0.717) is 30.9 Å². The highest BCUT2D eigenvalue weighted by atomic mass is 16.5. The second-order valence-corrected chi connectivity index (χ2v) is 8.21. The molecule has 162 valence electrons. The minimum Gasteiger partial charge on any atom is -0.508 e. The Labute approximate surface area is 185 Å². The van der Waals surface area contributed by atoms with E-state index in [1.54, 1.807) is 22.8 Å². The number of carbonyl (C=O) groups excluding carboxylic acids is 1. The van der Waals surface area contributed by atoms with Crippen LogP contribution >= 0.6 is 0 Å². The molecule has 6 nitrogen and oxygen atoms in total. The predicted molar refractivity (Wildman–Crippen MR) is 120 cm³/mol. The van der Waals surface area contributed by atoms with E-state index in [-0.39, 0.29) is 29.6 Å². The molecule has 2 aliphatic rings. The lowest BCUT2D eigenvalue weighted by Crippen LogP contribution is -2.34. The Hall–Kier alpha value is -3.80. The number of carbonyl (C=O) groups is 1. The average molecular weight is 429 g/mol. The number of pyridine rings is 1. The molecule has 2 aliphatic heterocycles. The first-order valence-electron chi connectivity index (χ1n) is 10.6. The van der Waals surface area contributed by atoms with E-state index in [0.717, 1.165) is 28.1 Å². The highest BCUT2D eigenvalue weighted by Crippen LogP contribution is 2.40. The summed E-state index contributed by atoms with van der Waals surface area (Å²) in [5.74, 6) is 0.625. The van der Waals surface area contributed by atoms with Crippen molar-refractivity contribution < 1.29 is 19.4 Å². The summed E-state index contributed by atoms with van der Waals surface area (Å²) in [5, 5.41) is 9.49. The van der Waals surface area contributed by atoms with Gasteiger partial charge in [0.1, 0.15) is 23.9 Å².